The maximum absolute atomic E-state index is 11.3. The first-order chi connectivity index (χ1) is 9.15. The number of aldehydes is 1. The van der Waals surface area contributed by atoms with Crippen molar-refractivity contribution in [2.45, 2.75) is 0 Å². The minimum absolute atomic E-state index is 0.272. The van der Waals surface area contributed by atoms with Crippen LogP contribution in [0.25, 0.3) is 11.3 Å². The Kier molecular flexibility index (Phi) is 3.87. The van der Waals surface area contributed by atoms with E-state index in [1.807, 2.05) is 0 Å². The third-order valence-corrected chi connectivity index (χ3v) is 2.73. The van der Waals surface area contributed by atoms with Crippen molar-refractivity contribution in [3.63, 3.8) is 0 Å². The first-order valence-electron chi connectivity index (χ1n) is 5.31. The van der Waals surface area contributed by atoms with Crippen molar-refractivity contribution in [1.29, 1.82) is 0 Å². The summed E-state index contributed by atoms with van der Waals surface area (Å²) < 4.78 is 4.58. The monoisotopic (exact) mass is 276 g/mol. The molecule has 96 valence electrons. The van der Waals surface area contributed by atoms with E-state index in [1.165, 1.54) is 25.6 Å². The molecule has 0 spiro atoms. The highest BCUT2D eigenvalue weighted by Crippen LogP contribution is 2.25. The summed E-state index contributed by atoms with van der Waals surface area (Å²) in [7, 11) is 1.28. The molecule has 0 saturated carbocycles. The van der Waals surface area contributed by atoms with Crippen molar-refractivity contribution in [1.82, 2.24) is 9.97 Å². The number of esters is 1. The van der Waals surface area contributed by atoms with Crippen molar-refractivity contribution in [3.8, 4) is 11.3 Å². The second-order valence-electron chi connectivity index (χ2n) is 3.64. The largest absolute Gasteiger partial charge is 0.465 e. The number of halogens is 1. The van der Waals surface area contributed by atoms with E-state index < -0.39 is 5.97 Å². The molecule has 0 aromatic carbocycles. The molecule has 0 radical (unpaired) electrons. The highest BCUT2D eigenvalue weighted by molar-refractivity contribution is 6.33. The van der Waals surface area contributed by atoms with Crippen LogP contribution in [0.4, 0.5) is 0 Å². The molecule has 0 atom stereocenters. The third kappa shape index (κ3) is 2.77. The number of pyridine rings is 2. The Bertz CT molecular complexity index is 626. The van der Waals surface area contributed by atoms with E-state index in [4.69, 9.17) is 11.6 Å². The van der Waals surface area contributed by atoms with E-state index in [0.717, 1.165) is 0 Å². The Labute approximate surface area is 114 Å². The van der Waals surface area contributed by atoms with Crippen LogP contribution in [0.5, 0.6) is 0 Å². The zero-order chi connectivity index (χ0) is 13.8. The van der Waals surface area contributed by atoms with Gasteiger partial charge in [0.2, 0.25) is 0 Å². The Morgan fingerprint density at radius 1 is 1.32 bits per heavy atom. The van der Waals surface area contributed by atoms with Crippen molar-refractivity contribution < 1.29 is 14.3 Å². The molecule has 0 amide bonds. The molecule has 2 heterocycles. The number of hydrogen-bond acceptors (Lipinski definition) is 5. The molecule has 2 aromatic heterocycles. The Balaban J connectivity index is 2.39. The van der Waals surface area contributed by atoms with Gasteiger partial charge in [-0.05, 0) is 18.2 Å². The lowest BCUT2D eigenvalue weighted by Crippen LogP contribution is -2.02. The molecule has 0 aliphatic carbocycles. The van der Waals surface area contributed by atoms with Gasteiger partial charge in [0.1, 0.15) is 5.69 Å². The molecular weight excluding hydrogens is 268 g/mol. The van der Waals surface area contributed by atoms with Gasteiger partial charge in [-0.3, -0.25) is 14.8 Å². The third-order valence-electron chi connectivity index (χ3n) is 2.44. The smallest absolute Gasteiger partial charge is 0.339 e. The molecule has 2 rings (SSSR count). The van der Waals surface area contributed by atoms with E-state index in [2.05, 4.69) is 14.7 Å². The minimum atomic E-state index is -0.504. The predicted molar refractivity (Wildman–Crippen MR) is 69.2 cm³/mol. The van der Waals surface area contributed by atoms with Crippen LogP contribution in [-0.2, 0) is 4.74 Å². The molecule has 0 N–H and O–H groups in total. The molecule has 6 heteroatoms. The van der Waals surface area contributed by atoms with E-state index in [0.29, 0.717) is 28.3 Å². The fourth-order valence-electron chi connectivity index (χ4n) is 1.49. The van der Waals surface area contributed by atoms with Gasteiger partial charge in [0.15, 0.2) is 6.29 Å². The van der Waals surface area contributed by atoms with Crippen LogP contribution in [0.3, 0.4) is 0 Å². The fourth-order valence-corrected chi connectivity index (χ4v) is 1.77. The first kappa shape index (κ1) is 13.2. The summed E-state index contributed by atoms with van der Waals surface area (Å²) in [6.07, 6.45) is 3.52. The maximum Gasteiger partial charge on any atom is 0.339 e. The SMILES string of the molecule is COC(=O)c1cnc(-c2ccc(C=O)nc2)c(Cl)c1. The van der Waals surface area contributed by atoms with Crippen LogP contribution in [-0.4, -0.2) is 29.3 Å². The van der Waals surface area contributed by atoms with Gasteiger partial charge in [0.25, 0.3) is 0 Å². The molecule has 0 aliphatic rings. The van der Waals surface area contributed by atoms with Gasteiger partial charge in [-0.1, -0.05) is 11.6 Å². The van der Waals surface area contributed by atoms with Gasteiger partial charge < -0.3 is 4.74 Å². The molecule has 0 bridgehead atoms. The molecule has 2 aromatic rings. The van der Waals surface area contributed by atoms with Crippen molar-refractivity contribution in [2.24, 2.45) is 0 Å². The van der Waals surface area contributed by atoms with Crippen LogP contribution >= 0.6 is 11.6 Å². The summed E-state index contributed by atoms with van der Waals surface area (Å²) >= 11 is 6.07. The number of carbonyl (C=O) groups is 2. The van der Waals surface area contributed by atoms with Crippen molar-refractivity contribution >= 4 is 23.9 Å². The van der Waals surface area contributed by atoms with E-state index >= 15 is 0 Å². The predicted octanol–water partition coefficient (Wildman–Crippen LogP) is 2.40. The lowest BCUT2D eigenvalue weighted by Gasteiger charge is -2.05. The normalized spacial score (nSPS) is 10.0. The highest BCUT2D eigenvalue weighted by atomic mass is 35.5. The molecule has 19 heavy (non-hydrogen) atoms. The number of rotatable bonds is 3. The lowest BCUT2D eigenvalue weighted by atomic mass is 10.1. The lowest BCUT2D eigenvalue weighted by molar-refractivity contribution is 0.0600. The van der Waals surface area contributed by atoms with Crippen LogP contribution < -0.4 is 0 Å². The topological polar surface area (TPSA) is 69.2 Å². The van der Waals surface area contributed by atoms with Crippen LogP contribution in [0, 0.1) is 0 Å². The molecule has 0 fully saturated rings. The number of aromatic nitrogens is 2. The summed E-state index contributed by atoms with van der Waals surface area (Å²) in [5.74, 6) is -0.504. The van der Waals surface area contributed by atoms with Gasteiger partial charge in [0.05, 0.1) is 23.4 Å². The number of nitrogens with zero attached hydrogens (tertiary/aromatic N) is 2. The van der Waals surface area contributed by atoms with Crippen LogP contribution in [0.15, 0.2) is 30.6 Å². The van der Waals surface area contributed by atoms with Gasteiger partial charge in [-0.15, -0.1) is 0 Å². The Morgan fingerprint density at radius 3 is 2.63 bits per heavy atom. The van der Waals surface area contributed by atoms with E-state index in [1.54, 1.807) is 12.1 Å². The standard InChI is InChI=1S/C13H9ClN2O3/c1-19-13(18)9-4-11(14)12(16-6-9)8-2-3-10(7-17)15-5-8/h2-7H,1H3. The molecule has 5 nitrogen and oxygen atoms in total. The molecular formula is C13H9ClN2O3. The highest BCUT2D eigenvalue weighted by Gasteiger charge is 2.11. The van der Waals surface area contributed by atoms with E-state index in [9.17, 15) is 9.59 Å². The fraction of sp³-hybridized carbons (Fsp3) is 0.0769. The molecule has 0 saturated heterocycles. The summed E-state index contributed by atoms with van der Waals surface area (Å²) in [5.41, 5.74) is 1.74. The summed E-state index contributed by atoms with van der Waals surface area (Å²) in [6, 6.07) is 4.72. The number of ether oxygens (including phenoxy) is 1. The minimum Gasteiger partial charge on any atom is -0.465 e. The summed E-state index contributed by atoms with van der Waals surface area (Å²) in [5, 5.41) is 0.309. The van der Waals surface area contributed by atoms with Crippen molar-refractivity contribution in [3.05, 3.63) is 46.9 Å². The number of hydrogen-bond donors (Lipinski definition) is 0. The number of methoxy groups -OCH3 is 1. The maximum atomic E-state index is 11.3. The quantitative estimate of drug-likeness (QED) is 0.636. The van der Waals surface area contributed by atoms with Crippen molar-refractivity contribution in [2.75, 3.05) is 7.11 Å². The van der Waals surface area contributed by atoms with Gasteiger partial charge in [-0.2, -0.15) is 0 Å². The average molecular weight is 277 g/mol. The average Bonchev–Trinajstić information content (AvgIpc) is 2.46. The van der Waals surface area contributed by atoms with Gasteiger partial charge >= 0.3 is 5.97 Å². The van der Waals surface area contributed by atoms with Crippen LogP contribution in [0.1, 0.15) is 20.8 Å². The molecule has 0 aliphatic heterocycles. The van der Waals surface area contributed by atoms with E-state index in [-0.39, 0.29) is 5.56 Å². The number of carbonyl (C=O) groups excluding carboxylic acids is 2. The molecule has 0 unspecified atom stereocenters. The second-order valence-corrected chi connectivity index (χ2v) is 4.04. The first-order valence-corrected chi connectivity index (χ1v) is 5.69. The van der Waals surface area contributed by atoms with Gasteiger partial charge in [-0.25, -0.2) is 4.79 Å². The Morgan fingerprint density at radius 2 is 2.11 bits per heavy atom. The second kappa shape index (κ2) is 5.58. The Hall–Kier alpha value is -2.27. The van der Waals surface area contributed by atoms with Gasteiger partial charge in [0, 0.05) is 18.0 Å². The van der Waals surface area contributed by atoms with Crippen LogP contribution in [0.2, 0.25) is 5.02 Å². The summed E-state index contributed by atoms with van der Waals surface area (Å²) in [4.78, 5) is 29.9. The summed E-state index contributed by atoms with van der Waals surface area (Å²) in [6.45, 7) is 0. The zero-order valence-corrected chi connectivity index (χ0v) is 10.7. The zero-order valence-electron chi connectivity index (χ0n) is 9.96.